The average molecular weight is 388 g/mol. The number of nitrogens with zero attached hydrogens (tertiary/aromatic N) is 3. The Labute approximate surface area is 161 Å². The summed E-state index contributed by atoms with van der Waals surface area (Å²) in [6.45, 7) is 3.01. The third-order valence-corrected chi connectivity index (χ3v) is 4.68. The minimum Gasteiger partial charge on any atom is -0.363 e. The van der Waals surface area contributed by atoms with Gasteiger partial charge in [-0.25, -0.2) is 0 Å². The van der Waals surface area contributed by atoms with Crippen molar-refractivity contribution < 1.29 is 23.9 Å². The summed E-state index contributed by atoms with van der Waals surface area (Å²) in [5.41, 5.74) is 0.0166. The van der Waals surface area contributed by atoms with Crippen LogP contribution < -0.4 is 10.2 Å². The summed E-state index contributed by atoms with van der Waals surface area (Å²) < 4.78 is 4.68. The number of likely N-dealkylation sites (tertiary alicyclic amines) is 1. The van der Waals surface area contributed by atoms with E-state index in [0.29, 0.717) is 6.54 Å². The number of nitro benzene ring substituents is 1. The van der Waals surface area contributed by atoms with Crippen LogP contribution in [0.5, 0.6) is 0 Å². The SMILES string of the molecule is O=C(CN(CC[NH+]1CCCC1)C(=O)c1cccc([N+](=O)[O-])c1)Nc1ccon1. The first kappa shape index (κ1) is 19.5. The molecule has 0 unspecified atom stereocenters. The topological polar surface area (TPSA) is 123 Å². The van der Waals surface area contributed by atoms with Gasteiger partial charge in [-0.15, -0.1) is 0 Å². The van der Waals surface area contributed by atoms with Gasteiger partial charge in [0.2, 0.25) is 5.91 Å². The number of carbonyl (C=O) groups is 2. The predicted octanol–water partition coefficient (Wildman–Crippen LogP) is 0.342. The van der Waals surface area contributed by atoms with Crippen molar-refractivity contribution in [2.75, 3.05) is 38.0 Å². The molecule has 0 bridgehead atoms. The number of nitro groups is 1. The van der Waals surface area contributed by atoms with E-state index < -0.39 is 16.7 Å². The Balaban J connectivity index is 1.71. The smallest absolute Gasteiger partial charge is 0.270 e. The van der Waals surface area contributed by atoms with Crippen molar-refractivity contribution in [3.05, 3.63) is 52.3 Å². The molecule has 1 aromatic heterocycles. The van der Waals surface area contributed by atoms with E-state index in [1.54, 1.807) is 0 Å². The van der Waals surface area contributed by atoms with Crippen molar-refractivity contribution in [1.82, 2.24) is 10.1 Å². The maximum absolute atomic E-state index is 12.9. The number of carbonyl (C=O) groups excluding carboxylic acids is 2. The first-order valence-electron chi connectivity index (χ1n) is 9.10. The molecule has 3 rings (SSSR count). The molecule has 1 saturated heterocycles. The van der Waals surface area contributed by atoms with Crippen LogP contribution in [0.2, 0.25) is 0 Å². The van der Waals surface area contributed by atoms with Gasteiger partial charge in [-0.2, -0.15) is 0 Å². The zero-order chi connectivity index (χ0) is 19.9. The summed E-state index contributed by atoms with van der Waals surface area (Å²) in [5, 5.41) is 17.2. The van der Waals surface area contributed by atoms with Crippen molar-refractivity contribution in [3.63, 3.8) is 0 Å². The normalized spacial score (nSPS) is 14.0. The third kappa shape index (κ3) is 5.13. The summed E-state index contributed by atoms with van der Waals surface area (Å²) in [6, 6.07) is 7.03. The van der Waals surface area contributed by atoms with Crippen LogP contribution in [0.15, 0.2) is 41.1 Å². The van der Waals surface area contributed by atoms with Gasteiger partial charge in [-0.3, -0.25) is 19.7 Å². The largest absolute Gasteiger partial charge is 0.363 e. The van der Waals surface area contributed by atoms with Gasteiger partial charge in [0.1, 0.15) is 12.8 Å². The zero-order valence-electron chi connectivity index (χ0n) is 15.3. The molecule has 2 heterocycles. The van der Waals surface area contributed by atoms with Crippen LogP contribution in [-0.2, 0) is 4.79 Å². The summed E-state index contributed by atoms with van der Waals surface area (Å²) in [7, 11) is 0. The number of amides is 2. The molecule has 28 heavy (non-hydrogen) atoms. The summed E-state index contributed by atoms with van der Waals surface area (Å²) in [5.74, 6) is -0.570. The van der Waals surface area contributed by atoms with Crippen LogP contribution in [0.25, 0.3) is 0 Å². The fourth-order valence-corrected chi connectivity index (χ4v) is 3.24. The van der Waals surface area contributed by atoms with E-state index in [1.165, 1.54) is 46.4 Å². The molecule has 10 heteroatoms. The highest BCUT2D eigenvalue weighted by molar-refractivity contribution is 5.99. The van der Waals surface area contributed by atoms with E-state index in [0.717, 1.165) is 32.5 Å². The van der Waals surface area contributed by atoms with Gasteiger partial charge in [0.25, 0.3) is 11.6 Å². The lowest BCUT2D eigenvalue weighted by Gasteiger charge is -2.23. The Hall–Kier alpha value is -3.27. The number of hydrogen-bond acceptors (Lipinski definition) is 6. The lowest BCUT2D eigenvalue weighted by molar-refractivity contribution is -0.886. The summed E-state index contributed by atoms with van der Waals surface area (Å²) >= 11 is 0. The maximum atomic E-state index is 12.9. The van der Waals surface area contributed by atoms with Crippen LogP contribution in [-0.4, -0.2) is 59.5 Å². The Morgan fingerprint density at radius 1 is 1.29 bits per heavy atom. The molecule has 2 aromatic rings. The fourth-order valence-electron chi connectivity index (χ4n) is 3.24. The van der Waals surface area contributed by atoms with Gasteiger partial charge in [0, 0.05) is 36.6 Å². The van der Waals surface area contributed by atoms with Crippen LogP contribution in [0, 0.1) is 10.1 Å². The van der Waals surface area contributed by atoms with Crippen LogP contribution >= 0.6 is 0 Å². The highest BCUT2D eigenvalue weighted by atomic mass is 16.6. The second-order valence-corrected chi connectivity index (χ2v) is 6.67. The fraction of sp³-hybridized carbons (Fsp3) is 0.389. The first-order valence-corrected chi connectivity index (χ1v) is 9.10. The molecular weight excluding hydrogens is 366 g/mol. The number of aromatic nitrogens is 1. The van der Waals surface area contributed by atoms with Gasteiger partial charge in [-0.05, 0) is 6.07 Å². The minimum absolute atomic E-state index is 0.164. The molecule has 1 aliphatic rings. The number of nitrogens with one attached hydrogen (secondary N) is 2. The standard InChI is InChI=1S/C18H21N5O5/c24-17(19-16-6-11-28-20-16)13-22(10-9-21-7-1-2-8-21)18(25)14-4-3-5-15(12-14)23(26)27/h3-6,11-12H,1-2,7-10,13H2,(H,19,20,24)/p+1. The molecule has 1 aliphatic heterocycles. The number of non-ortho nitro benzene ring substituents is 1. The van der Waals surface area contributed by atoms with Gasteiger partial charge < -0.3 is 19.6 Å². The molecule has 1 fully saturated rings. The molecule has 1 aromatic carbocycles. The lowest BCUT2D eigenvalue weighted by Crippen LogP contribution is -3.10. The molecule has 0 spiro atoms. The number of rotatable bonds is 8. The average Bonchev–Trinajstić information content (AvgIpc) is 3.38. The molecule has 0 atom stereocenters. The monoisotopic (exact) mass is 388 g/mol. The predicted molar refractivity (Wildman–Crippen MR) is 98.9 cm³/mol. The first-order chi connectivity index (χ1) is 13.5. The zero-order valence-corrected chi connectivity index (χ0v) is 15.3. The molecule has 148 valence electrons. The third-order valence-electron chi connectivity index (χ3n) is 4.68. The van der Waals surface area contributed by atoms with Crippen molar-refractivity contribution in [3.8, 4) is 0 Å². The molecule has 10 nitrogen and oxygen atoms in total. The Morgan fingerprint density at radius 2 is 2.07 bits per heavy atom. The van der Waals surface area contributed by atoms with Crippen molar-refractivity contribution in [1.29, 1.82) is 0 Å². The molecular formula is C18H22N5O5+. The highest BCUT2D eigenvalue weighted by Crippen LogP contribution is 2.15. The van der Waals surface area contributed by atoms with Gasteiger partial charge in [0.05, 0.1) is 31.1 Å². The van der Waals surface area contributed by atoms with Crippen LogP contribution in [0.4, 0.5) is 11.5 Å². The number of hydrogen-bond donors (Lipinski definition) is 2. The van der Waals surface area contributed by atoms with Crippen molar-refractivity contribution in [2.45, 2.75) is 12.8 Å². The number of benzene rings is 1. The van der Waals surface area contributed by atoms with Gasteiger partial charge in [-0.1, -0.05) is 11.2 Å². The summed E-state index contributed by atoms with van der Waals surface area (Å²) in [6.07, 6.45) is 3.64. The minimum atomic E-state index is -0.549. The van der Waals surface area contributed by atoms with E-state index >= 15 is 0 Å². The molecule has 0 aliphatic carbocycles. The number of anilines is 1. The Morgan fingerprint density at radius 3 is 2.75 bits per heavy atom. The van der Waals surface area contributed by atoms with E-state index in [4.69, 9.17) is 0 Å². The van der Waals surface area contributed by atoms with Gasteiger partial charge >= 0.3 is 0 Å². The summed E-state index contributed by atoms with van der Waals surface area (Å²) in [4.78, 5) is 38.5. The number of quaternary nitrogens is 1. The van der Waals surface area contributed by atoms with Crippen molar-refractivity contribution in [2.24, 2.45) is 0 Å². The van der Waals surface area contributed by atoms with Gasteiger partial charge in [0.15, 0.2) is 5.82 Å². The molecule has 2 N–H and O–H groups in total. The maximum Gasteiger partial charge on any atom is 0.270 e. The van der Waals surface area contributed by atoms with Crippen LogP contribution in [0.3, 0.4) is 0 Å². The molecule has 2 amide bonds. The molecule has 0 radical (unpaired) electrons. The Kier molecular flexibility index (Phi) is 6.33. The highest BCUT2D eigenvalue weighted by Gasteiger charge is 2.24. The van der Waals surface area contributed by atoms with E-state index in [-0.39, 0.29) is 23.6 Å². The molecule has 0 saturated carbocycles. The van der Waals surface area contributed by atoms with E-state index in [1.807, 2.05) is 0 Å². The quantitative estimate of drug-likeness (QED) is 0.497. The second kappa shape index (κ2) is 9.09. The van der Waals surface area contributed by atoms with E-state index in [2.05, 4.69) is 15.0 Å². The van der Waals surface area contributed by atoms with Crippen molar-refractivity contribution >= 4 is 23.3 Å². The van der Waals surface area contributed by atoms with E-state index in [9.17, 15) is 19.7 Å². The van der Waals surface area contributed by atoms with Crippen LogP contribution in [0.1, 0.15) is 23.2 Å². The lowest BCUT2D eigenvalue weighted by atomic mass is 10.1. The Bertz CT molecular complexity index is 833. The second-order valence-electron chi connectivity index (χ2n) is 6.67.